The number of aliphatic imine (C=N–C) groups is 1. The molecule has 0 saturated heterocycles. The van der Waals surface area contributed by atoms with E-state index in [0.29, 0.717) is 44.1 Å². The molecule has 0 aromatic heterocycles. The zero-order valence-corrected chi connectivity index (χ0v) is 22.2. The molecule has 2 atom stereocenters. The molecule has 0 aliphatic carbocycles. The van der Waals surface area contributed by atoms with Gasteiger partial charge in [-0.2, -0.15) is 0 Å². The van der Waals surface area contributed by atoms with Crippen molar-refractivity contribution < 1.29 is 19.4 Å². The predicted molar refractivity (Wildman–Crippen MR) is 149 cm³/mol. The molecule has 0 saturated carbocycles. The van der Waals surface area contributed by atoms with Gasteiger partial charge in [-0.05, 0) is 42.3 Å². The number of amides is 1. The number of aliphatic hydroxyl groups excluding tert-OH is 1. The van der Waals surface area contributed by atoms with E-state index in [4.69, 9.17) is 19.6 Å². The molecule has 3 aromatic rings. The highest BCUT2D eigenvalue weighted by molar-refractivity contribution is 9.10. The van der Waals surface area contributed by atoms with Crippen molar-refractivity contribution in [3.63, 3.8) is 0 Å². The quantitative estimate of drug-likeness (QED) is 0.229. The fraction of sp³-hybridized carbons (Fsp3) is 0.267. The second kappa shape index (κ2) is 12.7. The molecule has 3 aromatic carbocycles. The number of hydrogen-bond acceptors (Lipinski definition) is 5. The maximum Gasteiger partial charge on any atom is 0.252 e. The molecule has 0 unspecified atom stereocenters. The van der Waals surface area contributed by atoms with Gasteiger partial charge in [-0.15, -0.1) is 6.58 Å². The summed E-state index contributed by atoms with van der Waals surface area (Å²) in [7, 11) is 0. The molecule has 2 N–H and O–H groups in total. The van der Waals surface area contributed by atoms with E-state index in [9.17, 15) is 4.79 Å². The van der Waals surface area contributed by atoms with Gasteiger partial charge >= 0.3 is 0 Å². The minimum atomic E-state index is -1.21. The van der Waals surface area contributed by atoms with Crippen LogP contribution in [-0.4, -0.2) is 42.2 Å². The normalized spacial score (nSPS) is 18.5. The third-order valence-electron chi connectivity index (χ3n) is 6.22. The van der Waals surface area contributed by atoms with Crippen LogP contribution in [0, 0.1) is 0 Å². The van der Waals surface area contributed by atoms with Crippen molar-refractivity contribution in [2.75, 3.05) is 19.8 Å². The van der Waals surface area contributed by atoms with Crippen LogP contribution in [0.1, 0.15) is 35.6 Å². The minimum absolute atomic E-state index is 0.0813. The van der Waals surface area contributed by atoms with Crippen LogP contribution in [0.15, 0.2) is 101 Å². The molecular weight excluding hydrogens is 532 g/mol. The highest BCUT2D eigenvalue weighted by Gasteiger charge is 2.52. The Balaban J connectivity index is 1.63. The molecule has 0 spiro atoms. The fourth-order valence-corrected chi connectivity index (χ4v) is 4.81. The lowest BCUT2D eigenvalue weighted by atomic mass is 9.84. The van der Waals surface area contributed by atoms with E-state index in [1.54, 1.807) is 6.08 Å². The van der Waals surface area contributed by atoms with E-state index in [-0.39, 0.29) is 12.5 Å². The highest BCUT2D eigenvalue weighted by atomic mass is 79.9. The zero-order valence-electron chi connectivity index (χ0n) is 20.6. The Morgan fingerprint density at radius 1 is 1.11 bits per heavy atom. The zero-order chi connectivity index (χ0) is 26.1. The van der Waals surface area contributed by atoms with Gasteiger partial charge in [-0.1, -0.05) is 70.5 Å². The summed E-state index contributed by atoms with van der Waals surface area (Å²) in [6.07, 6.45) is 2.66. The van der Waals surface area contributed by atoms with Crippen molar-refractivity contribution in [2.45, 2.75) is 30.9 Å². The Bertz CT molecular complexity index is 1230. The van der Waals surface area contributed by atoms with Gasteiger partial charge in [0.15, 0.2) is 11.6 Å². The predicted octanol–water partition coefficient (Wildman–Crippen LogP) is 5.40. The molecule has 1 aliphatic heterocycles. The van der Waals surface area contributed by atoms with Crippen LogP contribution >= 0.6 is 15.9 Å². The molecule has 1 amide bonds. The number of hydrogen-bond donors (Lipinski definition) is 2. The van der Waals surface area contributed by atoms with Crippen molar-refractivity contribution in [2.24, 2.45) is 4.99 Å². The van der Waals surface area contributed by atoms with Gasteiger partial charge in [0.25, 0.3) is 5.91 Å². The molecule has 0 fully saturated rings. The van der Waals surface area contributed by atoms with Crippen molar-refractivity contribution in [1.82, 2.24) is 5.32 Å². The Kier molecular flexibility index (Phi) is 9.14. The summed E-state index contributed by atoms with van der Waals surface area (Å²) < 4.78 is 12.9. The number of rotatable bonds is 12. The smallest absolute Gasteiger partial charge is 0.252 e. The maximum atomic E-state index is 13.8. The number of aliphatic hydroxyl groups is 1. The van der Waals surface area contributed by atoms with E-state index < -0.39 is 11.6 Å². The van der Waals surface area contributed by atoms with Gasteiger partial charge in [0, 0.05) is 41.6 Å². The molecule has 7 heteroatoms. The van der Waals surface area contributed by atoms with Crippen LogP contribution in [-0.2, 0) is 16.0 Å². The molecule has 0 bridgehead atoms. The number of ether oxygens (including phenoxy) is 2. The summed E-state index contributed by atoms with van der Waals surface area (Å²) in [5.74, 6) is 0.875. The van der Waals surface area contributed by atoms with Crippen molar-refractivity contribution in [1.29, 1.82) is 0 Å². The first kappa shape index (κ1) is 26.6. The number of carbonyl (C=O) groups is 1. The Morgan fingerprint density at radius 3 is 2.54 bits per heavy atom. The van der Waals surface area contributed by atoms with Crippen molar-refractivity contribution >= 4 is 27.7 Å². The first-order valence-electron chi connectivity index (χ1n) is 12.4. The standard InChI is InChI=1S/C30H31BrN2O4/c1-2-18-30(29(35)32-19-17-22-9-4-3-5-10-22)27(25-11-6-7-12-26(25)31)37-28(33-30)23-13-15-24(16-14-23)36-21-8-20-34/h2-7,9-16,27,34H,1,8,17-21H2,(H,32,35)/t27-,30-/m1/s1. The van der Waals surface area contributed by atoms with Crippen molar-refractivity contribution in [3.8, 4) is 5.75 Å². The first-order chi connectivity index (χ1) is 18.1. The maximum absolute atomic E-state index is 13.8. The molecule has 4 rings (SSSR count). The van der Waals surface area contributed by atoms with Gasteiger partial charge in [-0.25, -0.2) is 4.99 Å². The topological polar surface area (TPSA) is 80.2 Å². The van der Waals surface area contributed by atoms with Crippen LogP contribution in [0.4, 0.5) is 0 Å². The summed E-state index contributed by atoms with van der Waals surface area (Å²) in [5.41, 5.74) is 1.52. The van der Waals surface area contributed by atoms with E-state index in [1.807, 2.05) is 78.9 Å². The van der Waals surface area contributed by atoms with Crippen molar-refractivity contribution in [3.05, 3.63) is 113 Å². The third kappa shape index (κ3) is 6.29. The fourth-order valence-electron chi connectivity index (χ4n) is 4.32. The van der Waals surface area contributed by atoms with Crippen LogP contribution in [0.5, 0.6) is 5.75 Å². The molecular formula is C30H31BrN2O4. The van der Waals surface area contributed by atoms with E-state index in [2.05, 4.69) is 27.8 Å². The van der Waals surface area contributed by atoms with Crippen LogP contribution in [0.3, 0.4) is 0 Å². The molecule has 192 valence electrons. The average Bonchev–Trinajstić information content (AvgIpc) is 3.30. The lowest BCUT2D eigenvalue weighted by Gasteiger charge is -2.30. The number of nitrogens with one attached hydrogen (secondary N) is 1. The first-order valence-corrected chi connectivity index (χ1v) is 13.1. The van der Waals surface area contributed by atoms with Crippen LogP contribution in [0.25, 0.3) is 0 Å². The van der Waals surface area contributed by atoms with E-state index in [0.717, 1.165) is 21.2 Å². The highest BCUT2D eigenvalue weighted by Crippen LogP contribution is 2.44. The monoisotopic (exact) mass is 562 g/mol. The molecule has 1 aliphatic rings. The average molecular weight is 563 g/mol. The minimum Gasteiger partial charge on any atom is -0.494 e. The van der Waals surface area contributed by atoms with E-state index in [1.165, 1.54) is 0 Å². The summed E-state index contributed by atoms with van der Waals surface area (Å²) in [4.78, 5) is 18.7. The summed E-state index contributed by atoms with van der Waals surface area (Å²) in [5, 5.41) is 12.1. The van der Waals surface area contributed by atoms with Gasteiger partial charge in [0.1, 0.15) is 5.75 Å². The largest absolute Gasteiger partial charge is 0.494 e. The second-order valence-electron chi connectivity index (χ2n) is 8.79. The lowest BCUT2D eigenvalue weighted by molar-refractivity contribution is -0.128. The van der Waals surface area contributed by atoms with Gasteiger partial charge in [-0.3, -0.25) is 4.79 Å². The van der Waals surface area contributed by atoms with E-state index >= 15 is 0 Å². The number of halogens is 1. The number of carbonyl (C=O) groups excluding carboxylic acids is 1. The molecule has 1 heterocycles. The van der Waals surface area contributed by atoms with Gasteiger partial charge < -0.3 is 19.9 Å². The SMILES string of the molecule is C=CC[C@@]1(C(=O)NCCc2ccccc2)N=C(c2ccc(OCCCO)cc2)O[C@@H]1c1ccccc1Br. The number of benzene rings is 3. The van der Waals surface area contributed by atoms with Gasteiger partial charge in [0.05, 0.1) is 6.61 Å². The molecule has 37 heavy (non-hydrogen) atoms. The lowest BCUT2D eigenvalue weighted by Crippen LogP contribution is -2.48. The van der Waals surface area contributed by atoms with Crippen LogP contribution in [0.2, 0.25) is 0 Å². The Morgan fingerprint density at radius 2 is 1.84 bits per heavy atom. The molecule has 6 nitrogen and oxygen atoms in total. The number of nitrogens with zero attached hydrogens (tertiary/aromatic N) is 1. The Labute approximate surface area is 226 Å². The summed E-state index contributed by atoms with van der Waals surface area (Å²) >= 11 is 3.63. The summed E-state index contributed by atoms with van der Waals surface area (Å²) in [6.45, 7) is 4.92. The Hall–Kier alpha value is -3.42. The van der Waals surface area contributed by atoms with Crippen LogP contribution < -0.4 is 10.1 Å². The third-order valence-corrected chi connectivity index (χ3v) is 6.94. The summed E-state index contributed by atoms with van der Waals surface area (Å²) in [6, 6.07) is 25.2. The molecule has 0 radical (unpaired) electrons. The second-order valence-corrected chi connectivity index (χ2v) is 9.65. The van der Waals surface area contributed by atoms with Gasteiger partial charge in [0.2, 0.25) is 5.90 Å².